The van der Waals surface area contributed by atoms with Crippen LogP contribution in [0.2, 0.25) is 0 Å². The molecule has 2 heterocycles. The number of rotatable bonds is 1. The van der Waals surface area contributed by atoms with Crippen LogP contribution in [-0.4, -0.2) is 29.7 Å². The average Bonchev–Trinajstić information content (AvgIpc) is 2.53. The van der Waals surface area contributed by atoms with Crippen LogP contribution in [0, 0.1) is 0 Å². The van der Waals surface area contributed by atoms with E-state index in [-0.39, 0.29) is 5.54 Å². The highest BCUT2D eigenvalue weighted by Gasteiger charge is 2.24. The van der Waals surface area contributed by atoms with Crippen LogP contribution in [0.5, 0.6) is 0 Å². The summed E-state index contributed by atoms with van der Waals surface area (Å²) < 4.78 is 0. The van der Waals surface area contributed by atoms with Gasteiger partial charge in [0.15, 0.2) is 0 Å². The Morgan fingerprint density at radius 3 is 2.62 bits per heavy atom. The fourth-order valence-electron chi connectivity index (χ4n) is 2.09. The van der Waals surface area contributed by atoms with Gasteiger partial charge >= 0.3 is 0 Å². The minimum atomic E-state index is 0.118. The van der Waals surface area contributed by atoms with E-state index in [9.17, 15) is 0 Å². The Morgan fingerprint density at radius 2 is 2.00 bits per heavy atom. The van der Waals surface area contributed by atoms with Gasteiger partial charge in [-0.15, -0.1) is 0 Å². The Labute approximate surface area is 80.3 Å². The topological polar surface area (TPSA) is 15.6 Å². The van der Waals surface area contributed by atoms with Gasteiger partial charge in [-0.05, 0) is 32.8 Å². The van der Waals surface area contributed by atoms with E-state index in [1.54, 1.807) is 0 Å². The normalized spacial score (nSPS) is 26.3. The van der Waals surface area contributed by atoms with Crippen LogP contribution < -0.4 is 0 Å². The fraction of sp³-hybridized carbons (Fsp3) is 0.727. The van der Waals surface area contributed by atoms with Gasteiger partial charge in [-0.3, -0.25) is 4.99 Å². The van der Waals surface area contributed by atoms with Gasteiger partial charge < -0.3 is 4.90 Å². The van der Waals surface area contributed by atoms with Crippen LogP contribution in [0.25, 0.3) is 0 Å². The number of hydrogen-bond donors (Lipinski definition) is 0. The first kappa shape index (κ1) is 8.79. The first-order valence-electron chi connectivity index (χ1n) is 5.17. The second-order valence-corrected chi connectivity index (χ2v) is 4.62. The molecule has 0 atom stereocenters. The summed E-state index contributed by atoms with van der Waals surface area (Å²) in [6.07, 6.45) is 7.96. The number of aliphatic imine (C=N–C) groups is 1. The van der Waals surface area contributed by atoms with Crippen molar-refractivity contribution in [1.82, 2.24) is 4.90 Å². The Kier molecular flexibility index (Phi) is 2.14. The van der Waals surface area contributed by atoms with Crippen molar-refractivity contribution in [2.24, 2.45) is 4.99 Å². The van der Waals surface area contributed by atoms with Gasteiger partial charge in [-0.25, -0.2) is 0 Å². The van der Waals surface area contributed by atoms with Crippen molar-refractivity contribution in [1.29, 1.82) is 0 Å². The van der Waals surface area contributed by atoms with Crippen LogP contribution in [0.1, 0.15) is 33.1 Å². The molecule has 0 bridgehead atoms. The first-order chi connectivity index (χ1) is 6.17. The van der Waals surface area contributed by atoms with Crippen molar-refractivity contribution in [3.63, 3.8) is 0 Å². The molecule has 0 radical (unpaired) electrons. The molecule has 0 aromatic rings. The zero-order valence-electron chi connectivity index (χ0n) is 8.58. The van der Waals surface area contributed by atoms with Crippen molar-refractivity contribution >= 4 is 6.21 Å². The Hall–Kier alpha value is -0.790. The molecule has 2 aliphatic rings. The third kappa shape index (κ3) is 1.93. The monoisotopic (exact) mass is 178 g/mol. The number of likely N-dealkylation sites (tertiary alicyclic amines) is 1. The molecule has 0 saturated carbocycles. The van der Waals surface area contributed by atoms with Gasteiger partial charge in [0.2, 0.25) is 0 Å². The zero-order valence-corrected chi connectivity index (χ0v) is 8.58. The van der Waals surface area contributed by atoms with Gasteiger partial charge in [0.25, 0.3) is 0 Å². The molecule has 0 aromatic carbocycles. The summed E-state index contributed by atoms with van der Waals surface area (Å²) >= 11 is 0. The lowest BCUT2D eigenvalue weighted by atomic mass is 9.96. The van der Waals surface area contributed by atoms with Crippen LogP contribution in [0.3, 0.4) is 0 Å². The first-order valence-corrected chi connectivity index (χ1v) is 5.17. The van der Waals surface area contributed by atoms with E-state index in [4.69, 9.17) is 0 Å². The Balaban J connectivity index is 2.07. The number of dihydropyridines is 1. The summed E-state index contributed by atoms with van der Waals surface area (Å²) in [5.74, 6) is 0. The second-order valence-electron chi connectivity index (χ2n) is 4.62. The molecule has 1 fully saturated rings. The maximum absolute atomic E-state index is 4.46. The van der Waals surface area contributed by atoms with E-state index in [0.717, 1.165) is 6.42 Å². The van der Waals surface area contributed by atoms with E-state index in [2.05, 4.69) is 29.8 Å². The lowest BCUT2D eigenvalue weighted by molar-refractivity contribution is 0.367. The molecule has 13 heavy (non-hydrogen) atoms. The molecule has 2 aliphatic heterocycles. The van der Waals surface area contributed by atoms with Gasteiger partial charge in [0.1, 0.15) is 0 Å². The standard InChI is InChI=1S/C11H18N2/c1-11(2)9-10(5-6-12-11)13-7-3-4-8-13/h5-6H,3-4,7-9H2,1-2H3. The molecule has 2 nitrogen and oxygen atoms in total. The third-order valence-corrected chi connectivity index (χ3v) is 2.82. The Bertz CT molecular complexity index is 245. The molecule has 0 N–H and O–H groups in total. The quantitative estimate of drug-likeness (QED) is 0.601. The van der Waals surface area contributed by atoms with Crippen LogP contribution in [0.4, 0.5) is 0 Å². The highest BCUT2D eigenvalue weighted by molar-refractivity contribution is 5.73. The zero-order chi connectivity index (χ0) is 9.31. The molecule has 0 amide bonds. The van der Waals surface area contributed by atoms with Crippen molar-refractivity contribution in [2.75, 3.05) is 13.1 Å². The molecule has 0 aliphatic carbocycles. The molecule has 0 unspecified atom stereocenters. The molecular weight excluding hydrogens is 160 g/mol. The van der Waals surface area contributed by atoms with Gasteiger partial charge in [0, 0.05) is 31.4 Å². The molecule has 1 saturated heterocycles. The fourth-order valence-corrected chi connectivity index (χ4v) is 2.09. The maximum atomic E-state index is 4.46. The SMILES string of the molecule is CC1(C)CC(N2CCCC2)=CC=N1. The van der Waals surface area contributed by atoms with E-state index in [1.165, 1.54) is 31.6 Å². The summed E-state index contributed by atoms with van der Waals surface area (Å²) in [5, 5.41) is 0. The van der Waals surface area contributed by atoms with Crippen molar-refractivity contribution in [2.45, 2.75) is 38.6 Å². The van der Waals surface area contributed by atoms with E-state index >= 15 is 0 Å². The van der Waals surface area contributed by atoms with Gasteiger partial charge in [-0.2, -0.15) is 0 Å². The summed E-state index contributed by atoms with van der Waals surface area (Å²) in [4.78, 5) is 6.96. The minimum Gasteiger partial charge on any atom is -0.375 e. The van der Waals surface area contributed by atoms with E-state index < -0.39 is 0 Å². The second kappa shape index (κ2) is 3.17. The summed E-state index contributed by atoms with van der Waals surface area (Å²) in [5.41, 5.74) is 1.60. The smallest absolute Gasteiger partial charge is 0.0606 e. The Morgan fingerprint density at radius 1 is 1.31 bits per heavy atom. The van der Waals surface area contributed by atoms with Crippen molar-refractivity contribution < 1.29 is 0 Å². The highest BCUT2D eigenvalue weighted by Crippen LogP contribution is 2.27. The van der Waals surface area contributed by atoms with Crippen molar-refractivity contribution in [3.8, 4) is 0 Å². The number of hydrogen-bond acceptors (Lipinski definition) is 2. The van der Waals surface area contributed by atoms with Gasteiger partial charge in [-0.1, -0.05) is 0 Å². The molecule has 2 heteroatoms. The van der Waals surface area contributed by atoms with Crippen LogP contribution >= 0.6 is 0 Å². The summed E-state index contributed by atoms with van der Waals surface area (Å²) in [6, 6.07) is 0. The predicted molar refractivity (Wildman–Crippen MR) is 56.1 cm³/mol. The summed E-state index contributed by atoms with van der Waals surface area (Å²) in [6.45, 7) is 6.89. The average molecular weight is 178 g/mol. The van der Waals surface area contributed by atoms with Crippen molar-refractivity contribution in [3.05, 3.63) is 11.8 Å². The van der Waals surface area contributed by atoms with E-state index in [0.29, 0.717) is 0 Å². The summed E-state index contributed by atoms with van der Waals surface area (Å²) in [7, 11) is 0. The number of nitrogens with zero attached hydrogens (tertiary/aromatic N) is 2. The van der Waals surface area contributed by atoms with E-state index in [1.807, 2.05) is 6.21 Å². The van der Waals surface area contributed by atoms with Crippen LogP contribution in [-0.2, 0) is 0 Å². The molecule has 0 spiro atoms. The number of allylic oxidation sites excluding steroid dienone is 1. The van der Waals surface area contributed by atoms with Crippen LogP contribution in [0.15, 0.2) is 16.8 Å². The predicted octanol–water partition coefficient (Wildman–Crippen LogP) is 2.22. The molecule has 2 rings (SSSR count). The minimum absolute atomic E-state index is 0.118. The lowest BCUT2D eigenvalue weighted by Crippen LogP contribution is -2.28. The third-order valence-electron chi connectivity index (χ3n) is 2.82. The molecule has 0 aromatic heterocycles. The lowest BCUT2D eigenvalue weighted by Gasteiger charge is -2.30. The largest absolute Gasteiger partial charge is 0.375 e. The highest BCUT2D eigenvalue weighted by atomic mass is 15.2. The molecule has 72 valence electrons. The van der Waals surface area contributed by atoms with Gasteiger partial charge in [0.05, 0.1) is 5.54 Å². The molecular formula is C11H18N2. The maximum Gasteiger partial charge on any atom is 0.0606 e.